The minimum atomic E-state index is -0.463. The number of primary amides is 1. The smallest absolute Gasteiger partial charge is 0.237 e. The molecule has 4 rings (SSSR count). The van der Waals surface area contributed by atoms with Crippen molar-refractivity contribution in [1.29, 1.82) is 0 Å². The van der Waals surface area contributed by atoms with E-state index < -0.39 is 5.91 Å². The third-order valence-electron chi connectivity index (χ3n) is 4.47. The SMILES string of the molecule is NC(=O)Cn1c(SCC(=O)Nc2ccccc2Oc2ccccc2)nnc1C1CC1. The summed E-state index contributed by atoms with van der Waals surface area (Å²) in [7, 11) is 0. The molecule has 1 aromatic heterocycles. The van der Waals surface area contributed by atoms with Crippen LogP contribution >= 0.6 is 11.8 Å². The Labute approximate surface area is 177 Å². The highest BCUT2D eigenvalue weighted by molar-refractivity contribution is 7.99. The largest absolute Gasteiger partial charge is 0.455 e. The lowest BCUT2D eigenvalue weighted by atomic mass is 10.3. The van der Waals surface area contributed by atoms with Crippen molar-refractivity contribution in [3.63, 3.8) is 0 Å². The normalized spacial score (nSPS) is 13.1. The van der Waals surface area contributed by atoms with Gasteiger partial charge < -0.3 is 15.8 Å². The molecule has 9 heteroatoms. The average Bonchev–Trinajstić information content (AvgIpc) is 3.50. The van der Waals surface area contributed by atoms with E-state index in [9.17, 15) is 9.59 Å². The number of benzene rings is 2. The molecule has 0 saturated heterocycles. The number of hydrogen-bond acceptors (Lipinski definition) is 6. The first-order chi connectivity index (χ1) is 14.6. The summed E-state index contributed by atoms with van der Waals surface area (Å²) in [5.41, 5.74) is 5.94. The molecule has 1 aliphatic rings. The molecule has 1 aliphatic carbocycles. The summed E-state index contributed by atoms with van der Waals surface area (Å²) in [6.07, 6.45) is 2.06. The summed E-state index contributed by atoms with van der Waals surface area (Å²) in [5, 5.41) is 11.7. The lowest BCUT2D eigenvalue weighted by Gasteiger charge is -2.12. The molecule has 0 spiro atoms. The fraction of sp³-hybridized carbons (Fsp3) is 0.238. The van der Waals surface area contributed by atoms with Crippen LogP contribution in [0.15, 0.2) is 59.8 Å². The number of anilines is 1. The number of amides is 2. The second kappa shape index (κ2) is 9.00. The van der Waals surface area contributed by atoms with Crippen molar-refractivity contribution >= 4 is 29.3 Å². The number of carbonyl (C=O) groups is 2. The zero-order valence-electron chi connectivity index (χ0n) is 16.2. The highest BCUT2D eigenvalue weighted by Crippen LogP contribution is 2.40. The van der Waals surface area contributed by atoms with Crippen molar-refractivity contribution in [3.05, 3.63) is 60.4 Å². The summed E-state index contributed by atoms with van der Waals surface area (Å²) in [5.74, 6) is 1.75. The van der Waals surface area contributed by atoms with Gasteiger partial charge in [-0.1, -0.05) is 42.1 Å². The summed E-state index contributed by atoms with van der Waals surface area (Å²) in [6.45, 7) is 0.0105. The van der Waals surface area contributed by atoms with Crippen LogP contribution < -0.4 is 15.8 Å². The Morgan fingerprint density at radius 3 is 2.57 bits per heavy atom. The van der Waals surface area contributed by atoms with Crippen molar-refractivity contribution in [2.75, 3.05) is 11.1 Å². The van der Waals surface area contributed by atoms with Gasteiger partial charge in [-0.2, -0.15) is 0 Å². The number of nitrogens with zero attached hydrogens (tertiary/aromatic N) is 3. The topological polar surface area (TPSA) is 112 Å². The van der Waals surface area contributed by atoms with Gasteiger partial charge in [0.1, 0.15) is 18.1 Å². The third kappa shape index (κ3) is 4.98. The summed E-state index contributed by atoms with van der Waals surface area (Å²) in [4.78, 5) is 24.0. The molecule has 1 heterocycles. The van der Waals surface area contributed by atoms with E-state index >= 15 is 0 Å². The second-order valence-electron chi connectivity index (χ2n) is 6.92. The van der Waals surface area contributed by atoms with Gasteiger partial charge in [-0.05, 0) is 37.1 Å². The molecule has 0 unspecified atom stereocenters. The molecule has 0 atom stereocenters. The van der Waals surface area contributed by atoms with E-state index in [-0.39, 0.29) is 18.2 Å². The van der Waals surface area contributed by atoms with Gasteiger partial charge in [0.2, 0.25) is 11.8 Å². The van der Waals surface area contributed by atoms with Crippen LogP contribution in [0.2, 0.25) is 0 Å². The lowest BCUT2D eigenvalue weighted by Crippen LogP contribution is -2.21. The zero-order valence-corrected chi connectivity index (χ0v) is 17.0. The maximum atomic E-state index is 12.5. The molecule has 0 bridgehead atoms. The van der Waals surface area contributed by atoms with Crippen LogP contribution in [0.25, 0.3) is 0 Å². The van der Waals surface area contributed by atoms with Gasteiger partial charge in [0, 0.05) is 5.92 Å². The maximum absolute atomic E-state index is 12.5. The standard InChI is InChI=1S/C21H21N5O3S/c22-18(27)12-26-20(14-10-11-14)24-25-21(26)30-13-19(28)23-16-8-4-5-9-17(16)29-15-6-2-1-3-7-15/h1-9,14H,10-13H2,(H2,22,27)(H,23,28). The first-order valence-electron chi connectivity index (χ1n) is 9.56. The zero-order chi connectivity index (χ0) is 20.9. The predicted octanol–water partition coefficient (Wildman–Crippen LogP) is 3.16. The molecular formula is C21H21N5O3S. The Kier molecular flexibility index (Phi) is 5.99. The van der Waals surface area contributed by atoms with Gasteiger partial charge in [0.25, 0.3) is 0 Å². The van der Waals surface area contributed by atoms with E-state index in [1.165, 1.54) is 11.8 Å². The Hall–Kier alpha value is -3.33. The van der Waals surface area contributed by atoms with E-state index in [2.05, 4.69) is 15.5 Å². The van der Waals surface area contributed by atoms with Gasteiger partial charge in [-0.25, -0.2) is 0 Å². The molecule has 8 nitrogen and oxygen atoms in total. The monoisotopic (exact) mass is 423 g/mol. The van der Waals surface area contributed by atoms with Crippen molar-refractivity contribution in [2.45, 2.75) is 30.5 Å². The van der Waals surface area contributed by atoms with Crippen LogP contribution in [-0.2, 0) is 16.1 Å². The molecule has 2 amide bonds. The van der Waals surface area contributed by atoms with Crippen molar-refractivity contribution in [1.82, 2.24) is 14.8 Å². The molecule has 1 fully saturated rings. The Morgan fingerprint density at radius 2 is 1.83 bits per heavy atom. The number of nitrogens with one attached hydrogen (secondary N) is 1. The average molecular weight is 423 g/mol. The van der Waals surface area contributed by atoms with Crippen LogP contribution in [0.4, 0.5) is 5.69 Å². The van der Waals surface area contributed by atoms with Crippen LogP contribution in [0.5, 0.6) is 11.5 Å². The molecule has 0 radical (unpaired) electrons. The van der Waals surface area contributed by atoms with Crippen molar-refractivity contribution in [2.24, 2.45) is 5.73 Å². The second-order valence-corrected chi connectivity index (χ2v) is 7.86. The van der Waals surface area contributed by atoms with E-state index in [1.807, 2.05) is 42.5 Å². The molecule has 0 aliphatic heterocycles. The fourth-order valence-corrected chi connectivity index (χ4v) is 3.69. The minimum Gasteiger partial charge on any atom is -0.455 e. The van der Waals surface area contributed by atoms with Crippen LogP contribution in [0.3, 0.4) is 0 Å². The number of para-hydroxylation sites is 3. The number of rotatable bonds is 9. The van der Waals surface area contributed by atoms with Gasteiger partial charge in [-0.3, -0.25) is 14.2 Å². The van der Waals surface area contributed by atoms with E-state index in [0.29, 0.717) is 28.3 Å². The Morgan fingerprint density at radius 1 is 1.10 bits per heavy atom. The lowest BCUT2D eigenvalue weighted by molar-refractivity contribution is -0.118. The number of nitrogens with two attached hydrogens (primary N) is 1. The van der Waals surface area contributed by atoms with E-state index in [1.54, 1.807) is 16.7 Å². The summed E-state index contributed by atoms with van der Waals surface area (Å²) in [6, 6.07) is 16.6. The predicted molar refractivity (Wildman–Crippen MR) is 114 cm³/mol. The van der Waals surface area contributed by atoms with Gasteiger partial charge in [0.15, 0.2) is 10.9 Å². The number of aromatic nitrogens is 3. The highest BCUT2D eigenvalue weighted by atomic mass is 32.2. The molecular weight excluding hydrogens is 402 g/mol. The maximum Gasteiger partial charge on any atom is 0.237 e. The van der Waals surface area contributed by atoms with Crippen LogP contribution in [-0.4, -0.2) is 32.3 Å². The summed E-state index contributed by atoms with van der Waals surface area (Å²) >= 11 is 1.22. The van der Waals surface area contributed by atoms with Crippen molar-refractivity contribution in [3.8, 4) is 11.5 Å². The van der Waals surface area contributed by atoms with Crippen LogP contribution in [0.1, 0.15) is 24.6 Å². The van der Waals surface area contributed by atoms with Crippen LogP contribution in [0, 0.1) is 0 Å². The summed E-state index contributed by atoms with van der Waals surface area (Å²) < 4.78 is 7.59. The molecule has 2 aromatic carbocycles. The molecule has 1 saturated carbocycles. The Bertz CT molecular complexity index is 1050. The molecule has 3 aromatic rings. The van der Waals surface area contributed by atoms with E-state index in [0.717, 1.165) is 18.7 Å². The Balaban J connectivity index is 1.41. The minimum absolute atomic E-state index is 0.0105. The van der Waals surface area contributed by atoms with Gasteiger partial charge in [-0.15, -0.1) is 10.2 Å². The van der Waals surface area contributed by atoms with Gasteiger partial charge >= 0.3 is 0 Å². The number of ether oxygens (including phenoxy) is 1. The molecule has 30 heavy (non-hydrogen) atoms. The fourth-order valence-electron chi connectivity index (χ4n) is 2.95. The first-order valence-corrected chi connectivity index (χ1v) is 10.5. The number of hydrogen-bond donors (Lipinski definition) is 2. The number of carbonyl (C=O) groups excluding carboxylic acids is 2. The molecule has 154 valence electrons. The van der Waals surface area contributed by atoms with Crippen molar-refractivity contribution < 1.29 is 14.3 Å². The van der Waals surface area contributed by atoms with E-state index in [4.69, 9.17) is 10.5 Å². The first kappa shape index (κ1) is 20.0. The highest BCUT2D eigenvalue weighted by Gasteiger charge is 2.31. The van der Waals surface area contributed by atoms with Gasteiger partial charge in [0.05, 0.1) is 11.4 Å². The quantitative estimate of drug-likeness (QED) is 0.511. The molecule has 3 N–H and O–H groups in total. The third-order valence-corrected chi connectivity index (χ3v) is 5.43. The number of thioether (sulfide) groups is 1.